The molecule has 0 aliphatic carbocycles. The predicted molar refractivity (Wildman–Crippen MR) is 106 cm³/mol. The second-order valence-corrected chi connectivity index (χ2v) is 7.69. The standard InChI is InChI=1S/C20H31NO4S/c1-4-5-7-16(2)18(22)11-9-17-10-12-19(23)21(17)13-15-26-14-6-8-20(24)25-3/h9,11,16-18,22H,6-8,10,12-15H2,1-3H3/b11-9+/t16-,17-,18+/m0/s1. The normalized spacial score (nSPS) is 19.3. The van der Waals surface area contributed by atoms with Gasteiger partial charge in [0, 0.05) is 31.6 Å². The molecule has 1 fully saturated rings. The van der Waals surface area contributed by atoms with E-state index in [0.717, 1.165) is 24.3 Å². The van der Waals surface area contributed by atoms with Gasteiger partial charge in [-0.3, -0.25) is 9.59 Å². The van der Waals surface area contributed by atoms with Gasteiger partial charge in [0.05, 0.1) is 19.3 Å². The van der Waals surface area contributed by atoms with Crippen LogP contribution in [0.4, 0.5) is 0 Å². The molecule has 0 aromatic carbocycles. The maximum absolute atomic E-state index is 12.1. The molecule has 1 amide bonds. The topological polar surface area (TPSA) is 66.8 Å². The summed E-state index contributed by atoms with van der Waals surface area (Å²) < 4.78 is 4.61. The van der Waals surface area contributed by atoms with Crippen LogP contribution in [0.3, 0.4) is 0 Å². The molecule has 5 nitrogen and oxygen atoms in total. The summed E-state index contributed by atoms with van der Waals surface area (Å²) in [5, 5.41) is 10.2. The molecule has 1 heterocycles. The number of carbonyl (C=O) groups excluding carboxylic acids is 2. The van der Waals surface area contributed by atoms with Gasteiger partial charge in [-0.25, -0.2) is 0 Å². The number of hydrogen-bond donors (Lipinski definition) is 1. The first-order valence-electron chi connectivity index (χ1n) is 9.19. The lowest BCUT2D eigenvalue weighted by Gasteiger charge is -2.23. The first-order valence-corrected chi connectivity index (χ1v) is 10.3. The fourth-order valence-corrected chi connectivity index (χ4v) is 3.63. The zero-order chi connectivity index (χ0) is 19.4. The molecule has 0 saturated carbocycles. The van der Waals surface area contributed by atoms with Crippen molar-refractivity contribution in [2.45, 2.75) is 58.1 Å². The molecule has 3 atom stereocenters. The van der Waals surface area contributed by atoms with E-state index in [4.69, 9.17) is 0 Å². The Kier molecular flexibility index (Phi) is 11.1. The number of ether oxygens (including phenoxy) is 1. The van der Waals surface area contributed by atoms with E-state index >= 15 is 0 Å². The third-order valence-corrected chi connectivity index (χ3v) is 5.51. The largest absolute Gasteiger partial charge is 0.469 e. The fourth-order valence-electron chi connectivity index (χ4n) is 2.75. The van der Waals surface area contributed by atoms with Crippen LogP contribution in [-0.4, -0.2) is 59.2 Å². The van der Waals surface area contributed by atoms with Gasteiger partial charge < -0.3 is 14.7 Å². The van der Waals surface area contributed by atoms with Gasteiger partial charge in [0.15, 0.2) is 0 Å². The molecule has 0 unspecified atom stereocenters. The molecule has 146 valence electrons. The maximum Gasteiger partial charge on any atom is 0.305 e. The summed E-state index contributed by atoms with van der Waals surface area (Å²) >= 11 is 1.74. The van der Waals surface area contributed by atoms with Crippen molar-refractivity contribution in [2.75, 3.05) is 25.2 Å². The monoisotopic (exact) mass is 381 g/mol. The van der Waals surface area contributed by atoms with E-state index in [1.807, 2.05) is 24.0 Å². The number of thioether (sulfide) groups is 1. The second kappa shape index (κ2) is 12.8. The third-order valence-electron chi connectivity index (χ3n) is 4.46. The third kappa shape index (κ3) is 8.29. The number of esters is 1. The smallest absolute Gasteiger partial charge is 0.305 e. The minimum atomic E-state index is -0.541. The van der Waals surface area contributed by atoms with E-state index in [1.165, 1.54) is 7.11 Å². The maximum atomic E-state index is 12.1. The lowest BCUT2D eigenvalue weighted by molar-refractivity contribution is -0.140. The molecular weight excluding hydrogens is 350 g/mol. The molecule has 1 rings (SSSR count). The molecule has 0 aromatic rings. The van der Waals surface area contributed by atoms with Gasteiger partial charge in [0.25, 0.3) is 0 Å². The van der Waals surface area contributed by atoms with Crippen LogP contribution in [0.5, 0.6) is 0 Å². The minimum absolute atomic E-state index is 0.0669. The highest BCUT2D eigenvalue weighted by Gasteiger charge is 2.28. The second-order valence-electron chi connectivity index (χ2n) is 6.47. The van der Waals surface area contributed by atoms with Crippen molar-refractivity contribution in [3.63, 3.8) is 0 Å². The van der Waals surface area contributed by atoms with Crippen molar-refractivity contribution in [1.82, 2.24) is 4.90 Å². The Morgan fingerprint density at radius 1 is 1.50 bits per heavy atom. The zero-order valence-electron chi connectivity index (χ0n) is 16.1. The summed E-state index contributed by atoms with van der Waals surface area (Å²) in [6.45, 7) is 4.47. The first kappa shape index (κ1) is 22.6. The molecule has 0 aromatic heterocycles. The molecule has 0 radical (unpaired) electrons. The number of amides is 1. The number of aliphatic hydroxyl groups is 1. The van der Waals surface area contributed by atoms with Crippen molar-refractivity contribution >= 4 is 23.6 Å². The fraction of sp³-hybridized carbons (Fsp3) is 0.700. The van der Waals surface area contributed by atoms with E-state index in [9.17, 15) is 14.7 Å². The summed E-state index contributed by atoms with van der Waals surface area (Å²) in [5.41, 5.74) is 0. The van der Waals surface area contributed by atoms with Crippen molar-refractivity contribution < 1.29 is 19.4 Å². The summed E-state index contributed by atoms with van der Waals surface area (Å²) in [6.07, 6.45) is 6.50. The molecule has 0 spiro atoms. The highest BCUT2D eigenvalue weighted by molar-refractivity contribution is 7.99. The minimum Gasteiger partial charge on any atom is -0.469 e. The summed E-state index contributed by atoms with van der Waals surface area (Å²) in [6, 6.07) is 0.0669. The van der Waals surface area contributed by atoms with Crippen LogP contribution in [-0.2, 0) is 14.3 Å². The van der Waals surface area contributed by atoms with Gasteiger partial charge in [-0.15, -0.1) is 11.8 Å². The molecule has 1 N–H and O–H groups in total. The summed E-state index contributed by atoms with van der Waals surface area (Å²) in [4.78, 5) is 25.0. The average Bonchev–Trinajstić information content (AvgIpc) is 2.99. The van der Waals surface area contributed by atoms with Crippen LogP contribution in [0.1, 0.15) is 46.0 Å². The number of aliphatic hydroxyl groups excluding tert-OH is 1. The Bertz CT molecular complexity index is 538. The van der Waals surface area contributed by atoms with Crippen molar-refractivity contribution in [3.8, 4) is 11.8 Å². The van der Waals surface area contributed by atoms with Crippen LogP contribution >= 0.6 is 11.8 Å². The van der Waals surface area contributed by atoms with Gasteiger partial charge in [-0.05, 0) is 31.4 Å². The highest BCUT2D eigenvalue weighted by Crippen LogP contribution is 2.21. The van der Waals surface area contributed by atoms with E-state index in [-0.39, 0.29) is 23.8 Å². The lowest BCUT2D eigenvalue weighted by Crippen LogP contribution is -2.34. The Morgan fingerprint density at radius 3 is 2.96 bits per heavy atom. The van der Waals surface area contributed by atoms with Crippen molar-refractivity contribution in [3.05, 3.63) is 12.2 Å². The van der Waals surface area contributed by atoms with Crippen molar-refractivity contribution in [2.24, 2.45) is 5.92 Å². The van der Waals surface area contributed by atoms with Crippen LogP contribution in [0, 0.1) is 17.8 Å². The highest BCUT2D eigenvalue weighted by atomic mass is 32.2. The number of methoxy groups -OCH3 is 1. The van der Waals surface area contributed by atoms with Gasteiger partial charge in [0.1, 0.15) is 0 Å². The van der Waals surface area contributed by atoms with E-state index in [1.54, 1.807) is 18.7 Å². The van der Waals surface area contributed by atoms with E-state index in [2.05, 4.69) is 16.6 Å². The van der Waals surface area contributed by atoms with Crippen LogP contribution < -0.4 is 0 Å². The van der Waals surface area contributed by atoms with Gasteiger partial charge in [-0.1, -0.05) is 19.1 Å². The molecule has 6 heteroatoms. The molecule has 0 bridgehead atoms. The Morgan fingerprint density at radius 2 is 2.27 bits per heavy atom. The van der Waals surface area contributed by atoms with Crippen LogP contribution in [0.15, 0.2) is 12.2 Å². The number of nitrogens with zero attached hydrogens (tertiary/aromatic N) is 1. The SMILES string of the molecule is CC#CC[C@H](C)[C@H](O)/C=C/[C@H]1CCC(=O)N1CCSCCCC(=O)OC. The Hall–Kier alpha value is -1.45. The zero-order valence-corrected chi connectivity index (χ0v) is 16.9. The number of likely N-dealkylation sites (tertiary alicyclic amines) is 1. The quantitative estimate of drug-likeness (QED) is 0.258. The Balaban J connectivity index is 2.36. The summed E-state index contributed by atoms with van der Waals surface area (Å²) in [5.74, 6) is 7.64. The summed E-state index contributed by atoms with van der Waals surface area (Å²) in [7, 11) is 1.40. The molecular formula is C20H31NO4S. The molecule has 1 aliphatic heterocycles. The van der Waals surface area contributed by atoms with Gasteiger partial charge >= 0.3 is 5.97 Å². The predicted octanol–water partition coefficient (Wildman–Crippen LogP) is 2.63. The number of rotatable bonds is 11. The van der Waals surface area contributed by atoms with Crippen LogP contribution in [0.25, 0.3) is 0 Å². The Labute approximate surface area is 161 Å². The van der Waals surface area contributed by atoms with Gasteiger partial charge in [-0.2, -0.15) is 11.8 Å². The molecule has 26 heavy (non-hydrogen) atoms. The van der Waals surface area contributed by atoms with Crippen LogP contribution in [0.2, 0.25) is 0 Å². The van der Waals surface area contributed by atoms with Gasteiger partial charge in [0.2, 0.25) is 5.91 Å². The number of carbonyl (C=O) groups is 2. The molecule has 1 aliphatic rings. The average molecular weight is 382 g/mol. The molecule has 1 saturated heterocycles. The lowest BCUT2D eigenvalue weighted by atomic mass is 10.00. The van der Waals surface area contributed by atoms with E-state index in [0.29, 0.717) is 25.8 Å². The number of hydrogen-bond acceptors (Lipinski definition) is 5. The van der Waals surface area contributed by atoms with E-state index < -0.39 is 6.10 Å². The van der Waals surface area contributed by atoms with Crippen molar-refractivity contribution in [1.29, 1.82) is 0 Å². The first-order chi connectivity index (χ1) is 12.5.